The zero-order valence-corrected chi connectivity index (χ0v) is 12.7. The van der Waals surface area contributed by atoms with E-state index in [4.69, 9.17) is 11.6 Å². The molecule has 2 rings (SSSR count). The lowest BCUT2D eigenvalue weighted by Gasteiger charge is -2.15. The van der Waals surface area contributed by atoms with E-state index >= 15 is 0 Å². The van der Waals surface area contributed by atoms with Gasteiger partial charge in [-0.2, -0.15) is 0 Å². The minimum Gasteiger partial charge on any atom is -0.372 e. The lowest BCUT2D eigenvalue weighted by atomic mass is 10.2. The van der Waals surface area contributed by atoms with E-state index in [1.165, 1.54) is 4.90 Å². The molecule has 0 saturated carbocycles. The highest BCUT2D eigenvalue weighted by atomic mass is 127. The molecule has 18 heavy (non-hydrogen) atoms. The van der Waals surface area contributed by atoms with E-state index < -0.39 is 6.04 Å². The minimum atomic E-state index is -0.506. The van der Waals surface area contributed by atoms with Gasteiger partial charge < -0.3 is 5.32 Å². The highest BCUT2D eigenvalue weighted by molar-refractivity contribution is 14.1. The molecule has 1 aromatic carbocycles. The lowest BCUT2D eigenvalue weighted by molar-refractivity contribution is -0.138. The van der Waals surface area contributed by atoms with Crippen LogP contribution in [0.3, 0.4) is 0 Å². The van der Waals surface area contributed by atoms with Crippen molar-refractivity contribution >= 4 is 51.7 Å². The van der Waals surface area contributed by atoms with Gasteiger partial charge in [-0.25, -0.2) is 0 Å². The largest absolute Gasteiger partial charge is 0.372 e. The quantitative estimate of drug-likeness (QED) is 0.649. The summed E-state index contributed by atoms with van der Waals surface area (Å²) in [5.74, 6) is -0.320. The molecular weight excluding hydrogens is 367 g/mol. The Bertz CT molecular complexity index is 507. The number of carbonyl (C=O) groups is 2. The summed E-state index contributed by atoms with van der Waals surface area (Å²) < 4.78 is 1.02. The van der Waals surface area contributed by atoms with Crippen molar-refractivity contribution in [1.82, 2.24) is 4.90 Å². The molecule has 1 N–H and O–H groups in total. The molecule has 0 spiro atoms. The van der Waals surface area contributed by atoms with Crippen molar-refractivity contribution in [2.45, 2.75) is 19.4 Å². The number of nitrogens with zero attached hydrogens (tertiary/aromatic N) is 1. The number of likely N-dealkylation sites (tertiary alicyclic amines) is 1. The molecular formula is C12H12ClIN2O2. The molecule has 0 radical (unpaired) electrons. The van der Waals surface area contributed by atoms with Gasteiger partial charge in [-0.05, 0) is 47.7 Å². The van der Waals surface area contributed by atoms with Crippen molar-refractivity contribution < 1.29 is 9.59 Å². The summed E-state index contributed by atoms with van der Waals surface area (Å²) in [4.78, 5) is 24.8. The maximum atomic E-state index is 11.9. The van der Waals surface area contributed by atoms with Gasteiger partial charge in [-0.3, -0.25) is 14.5 Å². The van der Waals surface area contributed by atoms with Crippen LogP contribution in [-0.2, 0) is 9.59 Å². The number of hydrogen-bond donors (Lipinski definition) is 1. The summed E-state index contributed by atoms with van der Waals surface area (Å²) >= 11 is 8.22. The number of nitrogens with one attached hydrogen (secondary N) is 1. The van der Waals surface area contributed by atoms with Gasteiger partial charge in [0.2, 0.25) is 5.91 Å². The molecule has 1 aliphatic rings. The molecule has 0 bridgehead atoms. The van der Waals surface area contributed by atoms with E-state index in [1.807, 2.05) is 12.1 Å². The molecule has 2 amide bonds. The first kappa shape index (κ1) is 13.6. The predicted molar refractivity (Wildman–Crippen MR) is 78.6 cm³/mol. The van der Waals surface area contributed by atoms with Gasteiger partial charge in [0.15, 0.2) is 0 Å². The second-order valence-corrected chi connectivity index (χ2v) is 5.65. The number of amides is 2. The molecule has 1 fully saturated rings. The molecule has 1 aromatic rings. The Hall–Kier alpha value is -0.820. The smallest absolute Gasteiger partial charge is 0.252 e. The van der Waals surface area contributed by atoms with Gasteiger partial charge in [-0.15, -0.1) is 0 Å². The van der Waals surface area contributed by atoms with Gasteiger partial charge in [0.1, 0.15) is 6.04 Å². The van der Waals surface area contributed by atoms with Gasteiger partial charge >= 0.3 is 0 Å². The molecule has 96 valence electrons. The molecule has 1 heterocycles. The number of likely N-dealkylation sites (N-methyl/N-ethyl adjacent to an activating group) is 1. The molecule has 1 saturated heterocycles. The van der Waals surface area contributed by atoms with Crippen LogP contribution in [0.15, 0.2) is 18.2 Å². The number of imide groups is 1. The minimum absolute atomic E-state index is 0.137. The standard InChI is InChI=1S/C12H12ClIN2O2/c1-2-16-11(17)6-10(12(16)18)15-9-5-7(14)3-4-8(9)13/h3-5,10,15H,2,6H2,1H3. The fourth-order valence-corrected chi connectivity index (χ4v) is 2.59. The van der Waals surface area contributed by atoms with Crippen molar-refractivity contribution in [1.29, 1.82) is 0 Å². The van der Waals surface area contributed by atoms with Gasteiger partial charge in [0.05, 0.1) is 17.1 Å². The average Bonchev–Trinajstić information content (AvgIpc) is 2.59. The van der Waals surface area contributed by atoms with Gasteiger partial charge in [0.25, 0.3) is 5.91 Å². The maximum Gasteiger partial charge on any atom is 0.252 e. The third-order valence-electron chi connectivity index (χ3n) is 2.82. The van der Waals surface area contributed by atoms with Crippen LogP contribution in [0.25, 0.3) is 0 Å². The van der Waals surface area contributed by atoms with E-state index in [2.05, 4.69) is 27.9 Å². The molecule has 0 aliphatic carbocycles. The zero-order valence-electron chi connectivity index (χ0n) is 9.74. The summed E-state index contributed by atoms with van der Waals surface area (Å²) in [6.45, 7) is 2.20. The Kier molecular flexibility index (Phi) is 4.11. The van der Waals surface area contributed by atoms with Crippen LogP contribution in [0, 0.1) is 3.57 Å². The average molecular weight is 379 g/mol. The molecule has 1 atom stereocenters. The first-order chi connectivity index (χ1) is 8.52. The number of anilines is 1. The van der Waals surface area contributed by atoms with E-state index in [-0.39, 0.29) is 18.2 Å². The second kappa shape index (κ2) is 5.44. The number of halogens is 2. The number of rotatable bonds is 3. The fourth-order valence-electron chi connectivity index (χ4n) is 1.92. The Morgan fingerprint density at radius 1 is 1.50 bits per heavy atom. The Morgan fingerprint density at radius 3 is 2.83 bits per heavy atom. The van der Waals surface area contributed by atoms with Crippen LogP contribution in [0.1, 0.15) is 13.3 Å². The molecule has 0 aromatic heterocycles. The van der Waals surface area contributed by atoms with E-state index in [0.29, 0.717) is 17.3 Å². The highest BCUT2D eigenvalue weighted by Crippen LogP contribution is 2.26. The first-order valence-electron chi connectivity index (χ1n) is 5.58. The van der Waals surface area contributed by atoms with Crippen LogP contribution in [0.5, 0.6) is 0 Å². The monoisotopic (exact) mass is 378 g/mol. The van der Waals surface area contributed by atoms with Gasteiger partial charge in [-0.1, -0.05) is 11.6 Å². The van der Waals surface area contributed by atoms with Crippen LogP contribution in [-0.4, -0.2) is 29.3 Å². The van der Waals surface area contributed by atoms with Crippen molar-refractivity contribution in [2.24, 2.45) is 0 Å². The Morgan fingerprint density at radius 2 is 2.22 bits per heavy atom. The second-order valence-electron chi connectivity index (χ2n) is 4.00. The number of benzene rings is 1. The maximum absolute atomic E-state index is 11.9. The SMILES string of the molecule is CCN1C(=O)CC(Nc2cc(I)ccc2Cl)C1=O. The lowest BCUT2D eigenvalue weighted by Crippen LogP contribution is -2.34. The van der Waals surface area contributed by atoms with Crippen LogP contribution in [0.2, 0.25) is 5.02 Å². The van der Waals surface area contributed by atoms with E-state index in [1.54, 1.807) is 13.0 Å². The van der Waals surface area contributed by atoms with E-state index in [9.17, 15) is 9.59 Å². The summed E-state index contributed by atoms with van der Waals surface area (Å²) in [5.41, 5.74) is 0.688. The summed E-state index contributed by atoms with van der Waals surface area (Å²) in [6.07, 6.45) is 0.189. The summed E-state index contributed by atoms with van der Waals surface area (Å²) in [5, 5.41) is 3.59. The predicted octanol–water partition coefficient (Wildman–Crippen LogP) is 2.50. The number of hydrogen-bond acceptors (Lipinski definition) is 3. The van der Waals surface area contributed by atoms with Crippen LogP contribution < -0.4 is 5.32 Å². The Balaban J connectivity index is 2.18. The summed E-state index contributed by atoms with van der Waals surface area (Å²) in [6, 6.07) is 5.00. The van der Waals surface area contributed by atoms with Crippen LogP contribution >= 0.6 is 34.2 Å². The number of carbonyl (C=O) groups excluding carboxylic acids is 2. The van der Waals surface area contributed by atoms with Crippen LogP contribution in [0.4, 0.5) is 5.69 Å². The topological polar surface area (TPSA) is 49.4 Å². The normalized spacial score (nSPS) is 19.5. The van der Waals surface area contributed by atoms with E-state index in [0.717, 1.165) is 3.57 Å². The third-order valence-corrected chi connectivity index (χ3v) is 3.82. The molecule has 6 heteroatoms. The fraction of sp³-hybridized carbons (Fsp3) is 0.333. The van der Waals surface area contributed by atoms with Crippen molar-refractivity contribution in [2.75, 3.05) is 11.9 Å². The third kappa shape index (κ3) is 2.61. The molecule has 1 unspecified atom stereocenters. The first-order valence-corrected chi connectivity index (χ1v) is 7.04. The Labute approximate surface area is 124 Å². The molecule has 4 nitrogen and oxygen atoms in total. The molecule has 1 aliphatic heterocycles. The zero-order chi connectivity index (χ0) is 13.3. The van der Waals surface area contributed by atoms with Crippen molar-refractivity contribution in [3.8, 4) is 0 Å². The van der Waals surface area contributed by atoms with Gasteiger partial charge in [0, 0.05) is 10.1 Å². The van der Waals surface area contributed by atoms with Crippen molar-refractivity contribution in [3.05, 3.63) is 26.8 Å². The summed E-state index contributed by atoms with van der Waals surface area (Å²) in [7, 11) is 0. The van der Waals surface area contributed by atoms with Crippen molar-refractivity contribution in [3.63, 3.8) is 0 Å². The highest BCUT2D eigenvalue weighted by Gasteiger charge is 2.37.